The van der Waals surface area contributed by atoms with Crippen molar-refractivity contribution < 1.29 is 4.74 Å². The first-order valence-corrected chi connectivity index (χ1v) is 4.30. The van der Waals surface area contributed by atoms with Gasteiger partial charge >= 0.3 is 0 Å². The van der Waals surface area contributed by atoms with Gasteiger partial charge in [0.15, 0.2) is 0 Å². The number of aryl methyl sites for hydroxylation is 2. The molecule has 0 spiro atoms. The summed E-state index contributed by atoms with van der Waals surface area (Å²) in [4.78, 5) is 0. The maximum Gasteiger partial charge on any atom is 0.150 e. The van der Waals surface area contributed by atoms with Crippen LogP contribution in [0.2, 0.25) is 0 Å². The fraction of sp³-hybridized carbons (Fsp3) is 0.300. The number of hydrogen-bond acceptors (Lipinski definition) is 2. The van der Waals surface area contributed by atoms with E-state index in [1.54, 1.807) is 6.26 Å². The summed E-state index contributed by atoms with van der Waals surface area (Å²) in [6, 6.07) is 2.02. The van der Waals surface area contributed by atoms with Gasteiger partial charge in [-0.1, -0.05) is 0 Å². The highest BCUT2D eigenvalue weighted by atomic mass is 16.5. The van der Waals surface area contributed by atoms with E-state index in [0.29, 0.717) is 0 Å². The molecule has 1 aromatic heterocycles. The van der Waals surface area contributed by atoms with Crippen LogP contribution < -0.4 is 0 Å². The van der Waals surface area contributed by atoms with Gasteiger partial charge in [-0.25, -0.2) is 0 Å². The molecular weight excluding hydrogens is 164 g/mol. The van der Waals surface area contributed by atoms with Gasteiger partial charge in [-0.3, -0.25) is 4.68 Å². The molecule has 0 fully saturated rings. The number of aromatic nitrogens is 2. The lowest BCUT2D eigenvalue weighted by atomic mass is 10.2. The first-order chi connectivity index (χ1) is 6.27. The van der Waals surface area contributed by atoms with Crippen LogP contribution >= 0.6 is 0 Å². The second-order valence-corrected chi connectivity index (χ2v) is 3.09. The Hall–Kier alpha value is -1.51. The molecule has 0 saturated carbocycles. The van der Waals surface area contributed by atoms with Gasteiger partial charge in [0.1, 0.15) is 11.5 Å². The summed E-state index contributed by atoms with van der Waals surface area (Å²) in [5.41, 5.74) is 2.04. The second-order valence-electron chi connectivity index (χ2n) is 3.09. The topological polar surface area (TPSA) is 27.1 Å². The Morgan fingerprint density at radius 2 is 2.38 bits per heavy atom. The summed E-state index contributed by atoms with van der Waals surface area (Å²) in [6.07, 6.45) is 6.63. The zero-order chi connectivity index (χ0) is 9.26. The molecule has 2 rings (SSSR count). The molecule has 3 heteroatoms. The van der Waals surface area contributed by atoms with Crippen LogP contribution in [-0.2, 0) is 11.8 Å². The fourth-order valence-electron chi connectivity index (χ4n) is 1.25. The Morgan fingerprint density at radius 3 is 2.92 bits per heavy atom. The molecule has 1 aliphatic heterocycles. The molecule has 0 aromatic carbocycles. The normalized spacial score (nSPS) is 15.4. The van der Waals surface area contributed by atoms with Crippen molar-refractivity contribution in [2.45, 2.75) is 13.3 Å². The van der Waals surface area contributed by atoms with Crippen molar-refractivity contribution in [1.82, 2.24) is 9.78 Å². The quantitative estimate of drug-likeness (QED) is 0.654. The molecule has 0 unspecified atom stereocenters. The van der Waals surface area contributed by atoms with E-state index in [1.807, 2.05) is 36.9 Å². The van der Waals surface area contributed by atoms with E-state index in [9.17, 15) is 0 Å². The van der Waals surface area contributed by atoms with Crippen molar-refractivity contribution in [2.24, 2.45) is 7.05 Å². The van der Waals surface area contributed by atoms with E-state index in [2.05, 4.69) is 5.10 Å². The highest BCUT2D eigenvalue weighted by Crippen LogP contribution is 2.19. The first kappa shape index (κ1) is 8.10. The van der Waals surface area contributed by atoms with Crippen LogP contribution in [0.5, 0.6) is 0 Å². The summed E-state index contributed by atoms with van der Waals surface area (Å²) in [6.45, 7) is 2.02. The first-order valence-electron chi connectivity index (χ1n) is 4.30. The van der Waals surface area contributed by atoms with E-state index < -0.39 is 0 Å². The van der Waals surface area contributed by atoms with Crippen molar-refractivity contribution >= 4 is 5.76 Å². The standard InChI is InChI=1S/C10H12N2O/c1-8-7-9(11-12(8)2)10-5-3-4-6-13-10/h4-7H,3H2,1-2H3. The van der Waals surface area contributed by atoms with E-state index in [1.165, 1.54) is 0 Å². The predicted molar refractivity (Wildman–Crippen MR) is 50.8 cm³/mol. The Labute approximate surface area is 77.3 Å². The Kier molecular flexibility index (Phi) is 1.93. The molecule has 0 atom stereocenters. The SMILES string of the molecule is Cc1cc(C2=CCC=CO2)nn1C. The third-order valence-electron chi connectivity index (χ3n) is 2.10. The average molecular weight is 176 g/mol. The summed E-state index contributed by atoms with van der Waals surface area (Å²) in [7, 11) is 1.93. The van der Waals surface area contributed by atoms with Gasteiger partial charge < -0.3 is 4.74 Å². The Balaban J connectivity index is 2.30. The number of ether oxygens (including phenoxy) is 1. The molecule has 68 valence electrons. The van der Waals surface area contributed by atoms with Crippen LogP contribution in [0.3, 0.4) is 0 Å². The maximum absolute atomic E-state index is 5.34. The van der Waals surface area contributed by atoms with E-state index >= 15 is 0 Å². The van der Waals surface area contributed by atoms with Gasteiger partial charge in [0.2, 0.25) is 0 Å². The van der Waals surface area contributed by atoms with Crippen molar-refractivity contribution in [2.75, 3.05) is 0 Å². The minimum absolute atomic E-state index is 0.853. The molecule has 0 bridgehead atoms. The van der Waals surface area contributed by atoms with Crippen LogP contribution in [0.1, 0.15) is 17.8 Å². The van der Waals surface area contributed by atoms with Crippen molar-refractivity contribution in [3.63, 3.8) is 0 Å². The minimum atomic E-state index is 0.853. The van der Waals surface area contributed by atoms with Gasteiger partial charge in [-0.05, 0) is 31.6 Å². The molecule has 3 nitrogen and oxygen atoms in total. The molecule has 0 saturated heterocycles. The molecule has 13 heavy (non-hydrogen) atoms. The van der Waals surface area contributed by atoms with Crippen LogP contribution in [0, 0.1) is 6.92 Å². The fourth-order valence-corrected chi connectivity index (χ4v) is 1.25. The van der Waals surface area contributed by atoms with Gasteiger partial charge in [0.05, 0.1) is 6.26 Å². The molecule has 2 heterocycles. The van der Waals surface area contributed by atoms with Crippen molar-refractivity contribution in [1.29, 1.82) is 0 Å². The Morgan fingerprint density at radius 1 is 1.54 bits per heavy atom. The smallest absolute Gasteiger partial charge is 0.150 e. The summed E-state index contributed by atoms with van der Waals surface area (Å²) in [5, 5.41) is 4.32. The highest BCUT2D eigenvalue weighted by Gasteiger charge is 2.08. The lowest BCUT2D eigenvalue weighted by molar-refractivity contribution is 0.424. The predicted octanol–water partition coefficient (Wildman–Crippen LogP) is 2.00. The summed E-state index contributed by atoms with van der Waals surface area (Å²) in [5.74, 6) is 0.853. The summed E-state index contributed by atoms with van der Waals surface area (Å²) < 4.78 is 7.18. The third-order valence-corrected chi connectivity index (χ3v) is 2.10. The second kappa shape index (κ2) is 3.09. The van der Waals surface area contributed by atoms with Crippen LogP contribution in [-0.4, -0.2) is 9.78 Å². The van der Waals surface area contributed by atoms with Crippen molar-refractivity contribution in [3.8, 4) is 0 Å². The Bertz CT molecular complexity index is 355. The molecule has 0 aliphatic carbocycles. The molecule has 1 aliphatic rings. The lowest BCUT2D eigenvalue weighted by Crippen LogP contribution is -1.95. The minimum Gasteiger partial charge on any atom is -0.463 e. The van der Waals surface area contributed by atoms with Crippen LogP contribution in [0.25, 0.3) is 5.76 Å². The zero-order valence-electron chi connectivity index (χ0n) is 7.82. The average Bonchev–Trinajstić information content (AvgIpc) is 2.49. The molecule has 0 radical (unpaired) electrons. The van der Waals surface area contributed by atoms with Gasteiger partial charge in [0.25, 0.3) is 0 Å². The number of rotatable bonds is 1. The van der Waals surface area contributed by atoms with E-state index in [-0.39, 0.29) is 0 Å². The monoisotopic (exact) mass is 176 g/mol. The van der Waals surface area contributed by atoms with E-state index in [0.717, 1.165) is 23.6 Å². The van der Waals surface area contributed by atoms with Crippen LogP contribution in [0.4, 0.5) is 0 Å². The molecule has 0 N–H and O–H groups in total. The number of nitrogens with zero attached hydrogens (tertiary/aromatic N) is 2. The van der Waals surface area contributed by atoms with Crippen molar-refractivity contribution in [3.05, 3.63) is 35.9 Å². The zero-order valence-corrected chi connectivity index (χ0v) is 7.82. The highest BCUT2D eigenvalue weighted by molar-refractivity contribution is 5.57. The third kappa shape index (κ3) is 1.49. The van der Waals surface area contributed by atoms with Crippen LogP contribution in [0.15, 0.2) is 24.5 Å². The van der Waals surface area contributed by atoms with Gasteiger partial charge in [-0.2, -0.15) is 5.10 Å². The molecular formula is C10H12N2O. The maximum atomic E-state index is 5.34. The summed E-state index contributed by atoms with van der Waals surface area (Å²) >= 11 is 0. The van der Waals surface area contributed by atoms with Gasteiger partial charge in [0, 0.05) is 12.7 Å². The molecule has 0 amide bonds. The lowest BCUT2D eigenvalue weighted by Gasteiger charge is -2.05. The number of hydrogen-bond donors (Lipinski definition) is 0. The largest absolute Gasteiger partial charge is 0.463 e. The molecule has 1 aromatic rings. The van der Waals surface area contributed by atoms with Gasteiger partial charge in [-0.15, -0.1) is 0 Å². The number of allylic oxidation sites excluding steroid dienone is 2. The van der Waals surface area contributed by atoms with E-state index in [4.69, 9.17) is 4.74 Å².